The molecule has 0 radical (unpaired) electrons. The number of aryl methyl sites for hydroxylation is 1. The van der Waals surface area contributed by atoms with Gasteiger partial charge in [0.1, 0.15) is 5.58 Å². The zero-order valence-corrected chi connectivity index (χ0v) is 13.0. The van der Waals surface area contributed by atoms with Gasteiger partial charge in [0, 0.05) is 27.5 Å². The molecule has 0 saturated carbocycles. The summed E-state index contributed by atoms with van der Waals surface area (Å²) < 4.78 is 5.52. The molecule has 0 saturated heterocycles. The van der Waals surface area contributed by atoms with E-state index in [2.05, 4.69) is 15.5 Å². The molecular weight excluding hydrogens is 302 g/mol. The third-order valence-electron chi connectivity index (χ3n) is 3.95. The summed E-state index contributed by atoms with van der Waals surface area (Å²) in [4.78, 5) is 15.5. The number of fused-ring (bicyclic) bond motifs is 2. The SMILES string of the molecule is Cc1[nH]c2ccccc2c1/C=N/NC(=O)c1cc2ccccc2o1. The van der Waals surface area contributed by atoms with Gasteiger partial charge in [-0.2, -0.15) is 5.10 Å². The number of para-hydroxylation sites is 2. The van der Waals surface area contributed by atoms with Crippen LogP contribution in [0.5, 0.6) is 0 Å². The third-order valence-corrected chi connectivity index (χ3v) is 3.95. The van der Waals surface area contributed by atoms with Crippen LogP contribution < -0.4 is 5.43 Å². The Labute approximate surface area is 138 Å². The van der Waals surface area contributed by atoms with E-state index in [-0.39, 0.29) is 11.7 Å². The molecule has 2 heterocycles. The van der Waals surface area contributed by atoms with Crippen LogP contribution in [0, 0.1) is 6.92 Å². The summed E-state index contributed by atoms with van der Waals surface area (Å²) in [6, 6.07) is 17.2. The van der Waals surface area contributed by atoms with Crippen molar-refractivity contribution in [3.8, 4) is 0 Å². The third kappa shape index (κ3) is 2.46. The molecule has 1 amide bonds. The lowest BCUT2D eigenvalue weighted by Crippen LogP contribution is -2.16. The minimum absolute atomic E-state index is 0.240. The van der Waals surface area contributed by atoms with E-state index in [0.29, 0.717) is 5.58 Å². The molecule has 0 unspecified atom stereocenters. The van der Waals surface area contributed by atoms with E-state index in [1.807, 2.05) is 55.5 Å². The Morgan fingerprint density at radius 2 is 1.96 bits per heavy atom. The molecule has 0 aliphatic rings. The normalized spacial score (nSPS) is 11.5. The number of carbonyl (C=O) groups is 1. The summed E-state index contributed by atoms with van der Waals surface area (Å²) in [5, 5.41) is 6.02. The highest BCUT2D eigenvalue weighted by Gasteiger charge is 2.11. The van der Waals surface area contributed by atoms with Crippen molar-refractivity contribution >= 4 is 34.0 Å². The molecule has 0 aliphatic carbocycles. The molecule has 4 rings (SSSR count). The van der Waals surface area contributed by atoms with Gasteiger partial charge in [-0.05, 0) is 25.1 Å². The van der Waals surface area contributed by atoms with Crippen LogP contribution in [0.2, 0.25) is 0 Å². The zero-order valence-electron chi connectivity index (χ0n) is 13.0. The number of benzene rings is 2. The largest absolute Gasteiger partial charge is 0.451 e. The molecule has 0 fully saturated rings. The number of rotatable bonds is 3. The van der Waals surface area contributed by atoms with Gasteiger partial charge in [-0.15, -0.1) is 0 Å². The van der Waals surface area contributed by atoms with Crippen LogP contribution in [-0.2, 0) is 0 Å². The van der Waals surface area contributed by atoms with Gasteiger partial charge < -0.3 is 9.40 Å². The number of aromatic nitrogens is 1. The highest BCUT2D eigenvalue weighted by Crippen LogP contribution is 2.20. The molecule has 4 aromatic rings. The summed E-state index contributed by atoms with van der Waals surface area (Å²) >= 11 is 0. The molecule has 0 atom stereocenters. The first-order chi connectivity index (χ1) is 11.7. The van der Waals surface area contributed by atoms with Crippen LogP contribution >= 0.6 is 0 Å². The average molecular weight is 317 g/mol. The Hall–Kier alpha value is -3.34. The first-order valence-electron chi connectivity index (χ1n) is 7.61. The maximum Gasteiger partial charge on any atom is 0.307 e. The number of hydrogen-bond donors (Lipinski definition) is 2. The quantitative estimate of drug-likeness (QED) is 0.443. The van der Waals surface area contributed by atoms with Crippen molar-refractivity contribution in [3.63, 3.8) is 0 Å². The smallest absolute Gasteiger partial charge is 0.307 e. The van der Waals surface area contributed by atoms with Crippen molar-refractivity contribution in [2.45, 2.75) is 6.92 Å². The van der Waals surface area contributed by atoms with Gasteiger partial charge in [-0.25, -0.2) is 5.43 Å². The molecule has 118 valence electrons. The van der Waals surface area contributed by atoms with Crippen LogP contribution in [0.1, 0.15) is 21.8 Å². The molecule has 0 spiro atoms. The Morgan fingerprint density at radius 3 is 2.83 bits per heavy atom. The summed E-state index contributed by atoms with van der Waals surface area (Å²) in [6.07, 6.45) is 1.65. The molecule has 0 bridgehead atoms. The Bertz CT molecular complexity index is 1040. The molecule has 24 heavy (non-hydrogen) atoms. The first kappa shape index (κ1) is 14.3. The van der Waals surface area contributed by atoms with Gasteiger partial charge in [0.15, 0.2) is 5.76 Å². The van der Waals surface area contributed by atoms with E-state index in [1.165, 1.54) is 0 Å². The Kier molecular flexibility index (Phi) is 3.39. The first-order valence-corrected chi connectivity index (χ1v) is 7.61. The average Bonchev–Trinajstić information content (AvgIpc) is 3.16. The molecule has 2 aromatic carbocycles. The molecule has 5 heteroatoms. The van der Waals surface area contributed by atoms with Crippen molar-refractivity contribution in [1.82, 2.24) is 10.4 Å². The highest BCUT2D eigenvalue weighted by atomic mass is 16.3. The van der Waals surface area contributed by atoms with Crippen molar-refractivity contribution < 1.29 is 9.21 Å². The van der Waals surface area contributed by atoms with Gasteiger partial charge in [0.05, 0.1) is 6.21 Å². The number of hydrazone groups is 1. The monoisotopic (exact) mass is 317 g/mol. The van der Waals surface area contributed by atoms with Crippen molar-refractivity contribution in [1.29, 1.82) is 0 Å². The lowest BCUT2D eigenvalue weighted by molar-refractivity contribution is 0.0929. The summed E-state index contributed by atoms with van der Waals surface area (Å²) in [7, 11) is 0. The fourth-order valence-corrected chi connectivity index (χ4v) is 2.77. The van der Waals surface area contributed by atoms with E-state index < -0.39 is 0 Å². The second-order valence-corrected chi connectivity index (χ2v) is 5.56. The van der Waals surface area contributed by atoms with Gasteiger partial charge >= 0.3 is 5.91 Å². The van der Waals surface area contributed by atoms with Crippen LogP contribution in [0.25, 0.3) is 21.9 Å². The minimum Gasteiger partial charge on any atom is -0.451 e. The van der Waals surface area contributed by atoms with Crippen LogP contribution in [0.4, 0.5) is 0 Å². The van der Waals surface area contributed by atoms with Gasteiger partial charge in [0.2, 0.25) is 0 Å². The van der Waals surface area contributed by atoms with Crippen molar-refractivity contribution in [2.75, 3.05) is 0 Å². The number of H-pyrrole nitrogens is 1. The van der Waals surface area contributed by atoms with E-state index in [9.17, 15) is 4.79 Å². The Balaban J connectivity index is 1.56. The second-order valence-electron chi connectivity index (χ2n) is 5.56. The number of hydrogen-bond acceptors (Lipinski definition) is 3. The highest BCUT2D eigenvalue weighted by molar-refractivity contribution is 6.01. The fourth-order valence-electron chi connectivity index (χ4n) is 2.77. The standard InChI is InChI=1S/C19H15N3O2/c1-12-15(14-7-3-4-8-16(14)21-12)11-20-22-19(23)18-10-13-6-2-5-9-17(13)24-18/h2-11,21H,1H3,(H,22,23)/b20-11+. The summed E-state index contributed by atoms with van der Waals surface area (Å²) in [6.45, 7) is 1.97. The van der Waals surface area contributed by atoms with Crippen LogP contribution in [-0.4, -0.2) is 17.1 Å². The molecule has 5 nitrogen and oxygen atoms in total. The Morgan fingerprint density at radius 1 is 1.17 bits per heavy atom. The number of carbonyl (C=O) groups excluding carboxylic acids is 1. The van der Waals surface area contributed by atoms with Crippen molar-refractivity contribution in [3.05, 3.63) is 71.6 Å². The predicted molar refractivity (Wildman–Crippen MR) is 94.3 cm³/mol. The predicted octanol–water partition coefficient (Wildman–Crippen LogP) is 3.99. The summed E-state index contributed by atoms with van der Waals surface area (Å²) in [5.74, 6) is -0.135. The number of nitrogens with zero attached hydrogens (tertiary/aromatic N) is 1. The molecule has 2 N–H and O–H groups in total. The van der Waals surface area contributed by atoms with Crippen LogP contribution in [0.15, 0.2) is 64.1 Å². The number of nitrogens with one attached hydrogen (secondary N) is 2. The zero-order chi connectivity index (χ0) is 16.5. The second kappa shape index (κ2) is 5.70. The maximum absolute atomic E-state index is 12.2. The van der Waals surface area contributed by atoms with E-state index in [0.717, 1.165) is 27.5 Å². The molecule has 0 aliphatic heterocycles. The van der Waals surface area contributed by atoms with Crippen molar-refractivity contribution in [2.24, 2.45) is 5.10 Å². The number of furan rings is 1. The van der Waals surface area contributed by atoms with E-state index >= 15 is 0 Å². The maximum atomic E-state index is 12.2. The fraction of sp³-hybridized carbons (Fsp3) is 0.0526. The molecule has 2 aromatic heterocycles. The van der Waals surface area contributed by atoms with Crippen LogP contribution in [0.3, 0.4) is 0 Å². The minimum atomic E-state index is -0.375. The lowest BCUT2D eigenvalue weighted by atomic mass is 10.1. The van der Waals surface area contributed by atoms with E-state index in [1.54, 1.807) is 12.3 Å². The van der Waals surface area contributed by atoms with E-state index in [4.69, 9.17) is 4.42 Å². The lowest BCUT2D eigenvalue weighted by Gasteiger charge is -1.96. The number of aromatic amines is 1. The summed E-state index contributed by atoms with van der Waals surface area (Å²) in [5.41, 5.74) is 6.19. The number of amides is 1. The molecular formula is C19H15N3O2. The van der Waals surface area contributed by atoms with Gasteiger partial charge in [-0.3, -0.25) is 4.79 Å². The topological polar surface area (TPSA) is 70.4 Å². The van der Waals surface area contributed by atoms with Gasteiger partial charge in [-0.1, -0.05) is 36.4 Å². The van der Waals surface area contributed by atoms with Gasteiger partial charge in [0.25, 0.3) is 0 Å².